The molecule has 0 saturated heterocycles. The standard InChI is InChI=1S/C31H25BN4/c1-20-16-21(2)30(22(3)17-20)32-24-13-15-34-19-29(24)36-27-11-5-4-10-26(27)35(23-8-7-14-33-18-23)28-12-6-9-25(32)31(28)36/h4-19H,1-3H3. The Morgan fingerprint density at radius 2 is 1.33 bits per heavy atom. The number of nitrogens with zero attached hydrogens (tertiary/aromatic N) is 4. The average Bonchev–Trinajstić information content (AvgIpc) is 2.89. The van der Waals surface area contributed by atoms with Gasteiger partial charge in [-0.2, -0.15) is 0 Å². The van der Waals surface area contributed by atoms with E-state index in [4.69, 9.17) is 0 Å². The maximum atomic E-state index is 4.59. The van der Waals surface area contributed by atoms with Gasteiger partial charge < -0.3 is 9.80 Å². The average molecular weight is 464 g/mol. The van der Waals surface area contributed by atoms with E-state index >= 15 is 0 Å². The van der Waals surface area contributed by atoms with Crippen LogP contribution in [0, 0.1) is 20.8 Å². The van der Waals surface area contributed by atoms with Crippen molar-refractivity contribution in [2.45, 2.75) is 20.8 Å². The minimum atomic E-state index is 0.121. The van der Waals surface area contributed by atoms with Crippen LogP contribution in [-0.2, 0) is 0 Å². The topological polar surface area (TPSA) is 32.3 Å². The second-order valence-corrected chi connectivity index (χ2v) is 9.77. The predicted octanol–water partition coefficient (Wildman–Crippen LogP) is 5.48. The second-order valence-electron chi connectivity index (χ2n) is 9.77. The number of anilines is 6. The molecule has 5 heteroatoms. The molecule has 2 aliphatic rings. The summed E-state index contributed by atoms with van der Waals surface area (Å²) in [6.07, 6.45) is 7.72. The van der Waals surface area contributed by atoms with Gasteiger partial charge >= 0.3 is 0 Å². The van der Waals surface area contributed by atoms with Crippen molar-refractivity contribution >= 4 is 57.2 Å². The SMILES string of the molecule is Cc1cc(C)c(B2c3ccncc3N3c4ccccc4N(c4cccnc4)c4cccc2c43)c(C)c1. The lowest BCUT2D eigenvalue weighted by Crippen LogP contribution is -2.59. The van der Waals surface area contributed by atoms with E-state index < -0.39 is 0 Å². The molecule has 36 heavy (non-hydrogen) atoms. The fourth-order valence-corrected chi connectivity index (χ4v) is 6.27. The molecule has 0 aliphatic carbocycles. The Hall–Kier alpha value is -4.38. The number of para-hydroxylation sites is 3. The summed E-state index contributed by atoms with van der Waals surface area (Å²) in [5.74, 6) is 0. The van der Waals surface area contributed by atoms with Crippen LogP contribution >= 0.6 is 0 Å². The maximum absolute atomic E-state index is 4.59. The lowest BCUT2D eigenvalue weighted by atomic mass is 9.34. The van der Waals surface area contributed by atoms with Gasteiger partial charge in [0, 0.05) is 12.4 Å². The van der Waals surface area contributed by atoms with E-state index in [1.807, 2.05) is 30.9 Å². The summed E-state index contributed by atoms with van der Waals surface area (Å²) in [6.45, 7) is 6.79. The monoisotopic (exact) mass is 464 g/mol. The zero-order valence-electron chi connectivity index (χ0n) is 20.6. The molecule has 7 rings (SSSR count). The fraction of sp³-hybridized carbons (Fsp3) is 0.0968. The first-order valence-electron chi connectivity index (χ1n) is 12.4. The zero-order valence-corrected chi connectivity index (χ0v) is 20.6. The van der Waals surface area contributed by atoms with Gasteiger partial charge in [-0.3, -0.25) is 9.97 Å². The molecule has 0 atom stereocenters. The number of hydrogen-bond donors (Lipinski definition) is 0. The highest BCUT2D eigenvalue weighted by Gasteiger charge is 2.42. The van der Waals surface area contributed by atoms with Gasteiger partial charge in [-0.1, -0.05) is 58.6 Å². The molecular formula is C31H25BN4. The molecule has 0 spiro atoms. The Morgan fingerprint density at radius 3 is 2.08 bits per heavy atom. The molecule has 2 aliphatic heterocycles. The Balaban J connectivity index is 1.59. The Morgan fingerprint density at radius 1 is 0.611 bits per heavy atom. The van der Waals surface area contributed by atoms with Crippen LogP contribution in [0.1, 0.15) is 16.7 Å². The molecule has 0 bridgehead atoms. The molecule has 0 unspecified atom stereocenters. The Labute approximate surface area is 212 Å². The third kappa shape index (κ3) is 2.89. The van der Waals surface area contributed by atoms with Gasteiger partial charge in [0.2, 0.25) is 6.71 Å². The summed E-state index contributed by atoms with van der Waals surface area (Å²) >= 11 is 0. The summed E-state index contributed by atoms with van der Waals surface area (Å²) in [5, 5.41) is 0. The lowest BCUT2D eigenvalue weighted by molar-refractivity contribution is 1.15. The molecule has 0 fully saturated rings. The quantitative estimate of drug-likeness (QED) is 0.317. The highest BCUT2D eigenvalue weighted by Crippen LogP contribution is 2.53. The normalized spacial score (nSPS) is 13.2. The Bertz CT molecular complexity index is 1620. The number of fused-ring (bicyclic) bond motifs is 4. The van der Waals surface area contributed by atoms with Crippen molar-refractivity contribution in [3.05, 3.63) is 114 Å². The van der Waals surface area contributed by atoms with Gasteiger partial charge in [-0.05, 0) is 68.1 Å². The van der Waals surface area contributed by atoms with Gasteiger partial charge in [0.1, 0.15) is 0 Å². The molecule has 0 N–H and O–H groups in total. The largest absolute Gasteiger partial charge is 0.306 e. The summed E-state index contributed by atoms with van der Waals surface area (Å²) in [5.41, 5.74) is 14.8. The smallest absolute Gasteiger partial charge is 0.247 e. The molecule has 0 amide bonds. The minimum Gasteiger partial charge on any atom is -0.306 e. The van der Waals surface area contributed by atoms with Crippen LogP contribution < -0.4 is 26.2 Å². The van der Waals surface area contributed by atoms with E-state index in [2.05, 4.69) is 107 Å². The number of pyridine rings is 2. The van der Waals surface area contributed by atoms with Crippen LogP contribution in [0.4, 0.5) is 34.1 Å². The summed E-state index contributed by atoms with van der Waals surface area (Å²) < 4.78 is 0. The summed E-state index contributed by atoms with van der Waals surface area (Å²) in [7, 11) is 0. The third-order valence-electron chi connectivity index (χ3n) is 7.50. The summed E-state index contributed by atoms with van der Waals surface area (Å²) in [4.78, 5) is 13.8. The molecule has 0 saturated carbocycles. The van der Waals surface area contributed by atoms with E-state index in [1.165, 1.54) is 38.8 Å². The van der Waals surface area contributed by atoms with Crippen LogP contribution in [0.5, 0.6) is 0 Å². The van der Waals surface area contributed by atoms with Gasteiger partial charge in [-0.25, -0.2) is 0 Å². The first-order chi connectivity index (χ1) is 17.6. The lowest BCUT2D eigenvalue weighted by Gasteiger charge is -2.45. The van der Waals surface area contributed by atoms with Crippen molar-refractivity contribution in [3.8, 4) is 0 Å². The highest BCUT2D eigenvalue weighted by molar-refractivity contribution is 6.98. The van der Waals surface area contributed by atoms with Crippen LogP contribution in [0.25, 0.3) is 0 Å². The van der Waals surface area contributed by atoms with Crippen molar-refractivity contribution in [1.82, 2.24) is 9.97 Å². The molecular weight excluding hydrogens is 439 g/mol. The molecule has 0 radical (unpaired) electrons. The van der Waals surface area contributed by atoms with E-state index in [0.717, 1.165) is 28.4 Å². The van der Waals surface area contributed by atoms with Gasteiger partial charge in [-0.15, -0.1) is 0 Å². The second kappa shape index (κ2) is 7.82. The van der Waals surface area contributed by atoms with Crippen LogP contribution in [0.2, 0.25) is 0 Å². The van der Waals surface area contributed by atoms with Crippen molar-refractivity contribution in [2.24, 2.45) is 0 Å². The van der Waals surface area contributed by atoms with Gasteiger partial charge in [0.25, 0.3) is 0 Å². The maximum Gasteiger partial charge on any atom is 0.247 e. The van der Waals surface area contributed by atoms with Crippen molar-refractivity contribution < 1.29 is 0 Å². The molecule has 3 aromatic carbocycles. The van der Waals surface area contributed by atoms with Crippen molar-refractivity contribution in [3.63, 3.8) is 0 Å². The highest BCUT2D eigenvalue weighted by atomic mass is 15.3. The predicted molar refractivity (Wildman–Crippen MR) is 150 cm³/mol. The van der Waals surface area contributed by atoms with E-state index in [1.54, 1.807) is 0 Å². The van der Waals surface area contributed by atoms with Gasteiger partial charge in [0.05, 0.1) is 46.5 Å². The van der Waals surface area contributed by atoms with E-state index in [0.29, 0.717) is 0 Å². The van der Waals surface area contributed by atoms with Crippen LogP contribution in [-0.4, -0.2) is 16.7 Å². The van der Waals surface area contributed by atoms with Crippen molar-refractivity contribution in [2.75, 3.05) is 9.80 Å². The minimum absolute atomic E-state index is 0.121. The van der Waals surface area contributed by atoms with E-state index in [9.17, 15) is 0 Å². The number of hydrogen-bond acceptors (Lipinski definition) is 4. The Kier molecular flexibility index (Phi) is 4.55. The number of aryl methyl sites for hydroxylation is 3. The van der Waals surface area contributed by atoms with E-state index in [-0.39, 0.29) is 6.71 Å². The number of aromatic nitrogens is 2. The van der Waals surface area contributed by atoms with Crippen LogP contribution in [0.3, 0.4) is 0 Å². The van der Waals surface area contributed by atoms with Crippen LogP contribution in [0.15, 0.2) is 97.6 Å². The van der Waals surface area contributed by atoms with Gasteiger partial charge in [0.15, 0.2) is 0 Å². The first-order valence-corrected chi connectivity index (χ1v) is 12.4. The molecule has 2 aromatic heterocycles. The zero-order chi connectivity index (χ0) is 24.4. The summed E-state index contributed by atoms with van der Waals surface area (Å²) in [6, 6.07) is 26.3. The number of benzene rings is 3. The molecule has 5 aromatic rings. The molecule has 172 valence electrons. The van der Waals surface area contributed by atoms with Crippen molar-refractivity contribution in [1.29, 1.82) is 0 Å². The fourth-order valence-electron chi connectivity index (χ4n) is 6.27. The molecule has 4 heterocycles. The number of rotatable bonds is 2. The molecule has 4 nitrogen and oxygen atoms in total. The third-order valence-corrected chi connectivity index (χ3v) is 7.50. The first kappa shape index (κ1) is 21.0.